The fourth-order valence-electron chi connectivity index (χ4n) is 5.29. The van der Waals surface area contributed by atoms with Gasteiger partial charge in [0.05, 0.1) is 14.2 Å². The van der Waals surface area contributed by atoms with Crippen LogP contribution in [0.1, 0.15) is 51.9 Å². The molecule has 3 rings (SSSR count). The normalized spacial score (nSPS) is 34.8. The molecule has 3 atom stereocenters. The Morgan fingerprint density at radius 3 is 2.38 bits per heavy atom. The predicted octanol–water partition coefficient (Wildman–Crippen LogP) is 2.82. The van der Waals surface area contributed by atoms with Crippen LogP contribution in [0.4, 0.5) is 0 Å². The van der Waals surface area contributed by atoms with E-state index < -0.39 is 17.4 Å². The lowest BCUT2D eigenvalue weighted by molar-refractivity contribution is -0.169. The Morgan fingerprint density at radius 1 is 1.08 bits per heavy atom. The minimum absolute atomic E-state index is 0.0183. The minimum Gasteiger partial charge on any atom is -0.468 e. The van der Waals surface area contributed by atoms with Gasteiger partial charge in [-0.3, -0.25) is 14.4 Å². The second-order valence-electron chi connectivity index (χ2n) is 7.58. The second-order valence-corrected chi connectivity index (χ2v) is 7.58. The van der Waals surface area contributed by atoms with Crippen LogP contribution in [-0.4, -0.2) is 31.9 Å². The summed E-state index contributed by atoms with van der Waals surface area (Å²) in [5, 5.41) is 0. The molecule has 2 saturated carbocycles. The van der Waals surface area contributed by atoms with E-state index in [1.807, 2.05) is 0 Å². The molecule has 0 aromatic heterocycles. The smallest absolute Gasteiger partial charge is 0.323 e. The number of ketones is 1. The van der Waals surface area contributed by atoms with Crippen LogP contribution in [0, 0.1) is 23.2 Å². The number of carbonyl (C=O) groups is 3. The van der Waals surface area contributed by atoms with E-state index in [4.69, 9.17) is 9.47 Å². The zero-order valence-electron chi connectivity index (χ0n) is 14.7. The minimum atomic E-state index is -1.26. The van der Waals surface area contributed by atoms with Crippen LogP contribution in [0.25, 0.3) is 0 Å². The van der Waals surface area contributed by atoms with Crippen LogP contribution in [-0.2, 0) is 23.9 Å². The van der Waals surface area contributed by atoms with Crippen LogP contribution in [0.2, 0.25) is 0 Å². The molecule has 132 valence electrons. The Hall–Kier alpha value is -1.65. The fraction of sp³-hybridized carbons (Fsp3) is 0.737. The van der Waals surface area contributed by atoms with Crippen molar-refractivity contribution in [2.24, 2.45) is 23.2 Å². The first-order valence-corrected chi connectivity index (χ1v) is 8.81. The SMILES string of the molecule is COC(=O)C1(C(=O)OC)CC2CC(=O)C[C@@H]3CCC/C3=C(\C)[C@@H]2C1. The van der Waals surface area contributed by atoms with E-state index in [0.29, 0.717) is 31.6 Å². The Labute approximate surface area is 142 Å². The summed E-state index contributed by atoms with van der Waals surface area (Å²) in [4.78, 5) is 37.3. The highest BCUT2D eigenvalue weighted by Crippen LogP contribution is 2.54. The first-order chi connectivity index (χ1) is 11.4. The van der Waals surface area contributed by atoms with Gasteiger partial charge in [0, 0.05) is 12.8 Å². The van der Waals surface area contributed by atoms with Crippen molar-refractivity contribution >= 4 is 17.7 Å². The Morgan fingerprint density at radius 2 is 1.75 bits per heavy atom. The summed E-state index contributed by atoms with van der Waals surface area (Å²) >= 11 is 0. The Kier molecular flexibility index (Phi) is 4.54. The highest BCUT2D eigenvalue weighted by atomic mass is 16.5. The zero-order chi connectivity index (χ0) is 17.5. The molecule has 1 unspecified atom stereocenters. The van der Waals surface area contributed by atoms with Gasteiger partial charge in [-0.05, 0) is 56.8 Å². The third kappa shape index (κ3) is 2.58. The van der Waals surface area contributed by atoms with E-state index in [9.17, 15) is 14.4 Å². The van der Waals surface area contributed by atoms with Crippen molar-refractivity contribution in [3.05, 3.63) is 11.1 Å². The number of ether oxygens (including phenoxy) is 2. The molecule has 3 aliphatic carbocycles. The van der Waals surface area contributed by atoms with Gasteiger partial charge in [-0.15, -0.1) is 0 Å². The monoisotopic (exact) mass is 334 g/mol. The number of fused-ring (bicyclic) bond motifs is 2. The summed E-state index contributed by atoms with van der Waals surface area (Å²) in [6.07, 6.45) is 5.04. The largest absolute Gasteiger partial charge is 0.468 e. The Bertz CT molecular complexity index is 587. The number of rotatable bonds is 2. The van der Waals surface area contributed by atoms with Crippen LogP contribution >= 0.6 is 0 Å². The van der Waals surface area contributed by atoms with Gasteiger partial charge < -0.3 is 9.47 Å². The molecule has 0 N–H and O–H groups in total. The van der Waals surface area contributed by atoms with Gasteiger partial charge in [0.25, 0.3) is 0 Å². The molecular weight excluding hydrogens is 308 g/mol. The van der Waals surface area contributed by atoms with Gasteiger partial charge in [-0.1, -0.05) is 11.1 Å². The molecule has 3 aliphatic rings. The molecule has 0 saturated heterocycles. The van der Waals surface area contributed by atoms with E-state index in [1.54, 1.807) is 0 Å². The highest BCUT2D eigenvalue weighted by Gasteiger charge is 2.58. The van der Waals surface area contributed by atoms with Gasteiger partial charge in [0.15, 0.2) is 5.41 Å². The number of hydrogen-bond donors (Lipinski definition) is 0. The average Bonchev–Trinajstić information content (AvgIpc) is 3.17. The summed E-state index contributed by atoms with van der Waals surface area (Å²) in [7, 11) is 2.60. The van der Waals surface area contributed by atoms with Crippen LogP contribution in [0.3, 0.4) is 0 Å². The molecule has 0 radical (unpaired) electrons. The lowest BCUT2D eigenvalue weighted by atomic mass is 9.77. The second kappa shape index (κ2) is 6.34. The van der Waals surface area contributed by atoms with Crippen molar-refractivity contribution in [1.82, 2.24) is 0 Å². The number of Topliss-reactive ketones (excluding diaryl/α,β-unsaturated/α-hetero) is 1. The summed E-state index contributed by atoms with van der Waals surface area (Å²) in [6.45, 7) is 2.13. The van der Waals surface area contributed by atoms with E-state index >= 15 is 0 Å². The molecule has 0 aromatic rings. The third-order valence-electron chi connectivity index (χ3n) is 6.42. The molecule has 0 spiro atoms. The summed E-state index contributed by atoms with van der Waals surface area (Å²) in [5.74, 6) is -0.339. The first kappa shape index (κ1) is 17.2. The number of hydrogen-bond acceptors (Lipinski definition) is 5. The third-order valence-corrected chi connectivity index (χ3v) is 6.42. The van der Waals surface area contributed by atoms with E-state index in [-0.39, 0.29) is 17.6 Å². The molecule has 0 aliphatic heterocycles. The van der Waals surface area contributed by atoms with Gasteiger partial charge >= 0.3 is 11.9 Å². The number of allylic oxidation sites excluding steroid dienone is 2. The van der Waals surface area contributed by atoms with Crippen molar-refractivity contribution in [3.8, 4) is 0 Å². The number of carbonyl (C=O) groups excluding carboxylic acids is 3. The topological polar surface area (TPSA) is 69.7 Å². The summed E-state index contributed by atoms with van der Waals surface area (Å²) in [6, 6.07) is 0. The maximum atomic E-state index is 12.5. The standard InChI is InChI=1S/C19H26O5/c1-11-15-6-4-5-12(15)7-14(20)8-13-9-19(10-16(11)13,17(21)23-2)18(22)24-3/h12-13,16H,4-10H2,1-3H3/b15-11-/t12-,13?,16-/m0/s1. The average molecular weight is 334 g/mol. The highest BCUT2D eigenvalue weighted by molar-refractivity contribution is 6.00. The molecular formula is C19H26O5. The Balaban J connectivity index is 2.02. The van der Waals surface area contributed by atoms with Crippen molar-refractivity contribution < 1.29 is 23.9 Å². The van der Waals surface area contributed by atoms with Crippen molar-refractivity contribution in [1.29, 1.82) is 0 Å². The molecule has 2 fully saturated rings. The van der Waals surface area contributed by atoms with Crippen molar-refractivity contribution in [2.75, 3.05) is 14.2 Å². The first-order valence-electron chi connectivity index (χ1n) is 8.81. The van der Waals surface area contributed by atoms with E-state index in [0.717, 1.165) is 19.3 Å². The van der Waals surface area contributed by atoms with E-state index in [2.05, 4.69) is 6.92 Å². The number of methoxy groups -OCH3 is 2. The molecule has 5 heteroatoms. The summed E-state index contributed by atoms with van der Waals surface area (Å²) < 4.78 is 9.87. The molecule has 0 bridgehead atoms. The molecule has 0 heterocycles. The zero-order valence-corrected chi connectivity index (χ0v) is 14.7. The molecule has 0 aromatic carbocycles. The summed E-state index contributed by atoms with van der Waals surface area (Å²) in [5.41, 5.74) is 1.42. The van der Waals surface area contributed by atoms with Gasteiger partial charge in [-0.2, -0.15) is 0 Å². The number of esters is 2. The molecule has 0 amide bonds. The molecule has 24 heavy (non-hydrogen) atoms. The lowest BCUT2D eigenvalue weighted by Gasteiger charge is -2.27. The lowest BCUT2D eigenvalue weighted by Crippen LogP contribution is -2.39. The van der Waals surface area contributed by atoms with Crippen LogP contribution in [0.5, 0.6) is 0 Å². The van der Waals surface area contributed by atoms with Gasteiger partial charge in [0.2, 0.25) is 0 Å². The van der Waals surface area contributed by atoms with E-state index in [1.165, 1.54) is 25.4 Å². The predicted molar refractivity (Wildman–Crippen MR) is 87.0 cm³/mol. The van der Waals surface area contributed by atoms with Crippen LogP contribution < -0.4 is 0 Å². The maximum Gasteiger partial charge on any atom is 0.323 e. The van der Waals surface area contributed by atoms with Gasteiger partial charge in [0.1, 0.15) is 5.78 Å². The van der Waals surface area contributed by atoms with Crippen LogP contribution in [0.15, 0.2) is 11.1 Å². The van der Waals surface area contributed by atoms with Crippen molar-refractivity contribution in [3.63, 3.8) is 0 Å². The molecule has 5 nitrogen and oxygen atoms in total. The quantitative estimate of drug-likeness (QED) is 0.441. The maximum absolute atomic E-state index is 12.5. The van der Waals surface area contributed by atoms with Gasteiger partial charge in [-0.25, -0.2) is 0 Å². The fourth-order valence-corrected chi connectivity index (χ4v) is 5.29. The van der Waals surface area contributed by atoms with Crippen molar-refractivity contribution in [2.45, 2.75) is 51.9 Å².